The minimum absolute atomic E-state index is 0.192. The fourth-order valence-electron chi connectivity index (χ4n) is 2.15. The number of pyridine rings is 1. The van der Waals surface area contributed by atoms with Gasteiger partial charge >= 0.3 is 0 Å². The van der Waals surface area contributed by atoms with E-state index in [9.17, 15) is 5.11 Å². The fourth-order valence-corrected chi connectivity index (χ4v) is 2.15. The van der Waals surface area contributed by atoms with Gasteiger partial charge in [-0.3, -0.25) is 0 Å². The largest absolute Gasteiger partial charge is 0.385 e. The fraction of sp³-hybridized carbons (Fsp3) is 0.500. The van der Waals surface area contributed by atoms with E-state index in [1.807, 2.05) is 18.2 Å². The van der Waals surface area contributed by atoms with Crippen LogP contribution in [0.2, 0.25) is 0 Å². The molecule has 1 unspecified atom stereocenters. The molecule has 0 bridgehead atoms. The van der Waals surface area contributed by atoms with Crippen molar-refractivity contribution in [2.75, 3.05) is 6.54 Å². The van der Waals surface area contributed by atoms with E-state index in [2.05, 4.69) is 10.1 Å². The summed E-state index contributed by atoms with van der Waals surface area (Å²) in [5.41, 5.74) is 6.99. The summed E-state index contributed by atoms with van der Waals surface area (Å²) in [6, 6.07) is 5.62. The Labute approximate surface area is 99.3 Å². The Kier molecular flexibility index (Phi) is 2.57. The van der Waals surface area contributed by atoms with Crippen molar-refractivity contribution in [2.24, 2.45) is 5.73 Å². The summed E-state index contributed by atoms with van der Waals surface area (Å²) in [4.78, 5) is 4.51. The highest BCUT2D eigenvalue weighted by Crippen LogP contribution is 2.34. The van der Waals surface area contributed by atoms with Gasteiger partial charge in [0.15, 0.2) is 11.5 Å². The SMILES string of the molecule is NCC(O)c1cccc2nc(C3CCC3)nn12. The molecule has 1 saturated carbocycles. The third kappa shape index (κ3) is 1.71. The van der Waals surface area contributed by atoms with Crippen LogP contribution in [0.4, 0.5) is 0 Å². The second-order valence-corrected chi connectivity index (χ2v) is 4.57. The Morgan fingerprint density at radius 1 is 1.47 bits per heavy atom. The predicted molar refractivity (Wildman–Crippen MR) is 63.6 cm³/mol. The van der Waals surface area contributed by atoms with Crippen molar-refractivity contribution in [1.82, 2.24) is 14.6 Å². The van der Waals surface area contributed by atoms with E-state index in [1.54, 1.807) is 4.52 Å². The van der Waals surface area contributed by atoms with Crippen molar-refractivity contribution in [3.63, 3.8) is 0 Å². The van der Waals surface area contributed by atoms with Gasteiger partial charge in [0.05, 0.1) is 5.69 Å². The zero-order valence-electron chi connectivity index (χ0n) is 9.58. The molecule has 2 heterocycles. The first-order chi connectivity index (χ1) is 8.29. The zero-order valence-corrected chi connectivity index (χ0v) is 9.58. The molecule has 0 spiro atoms. The standard InChI is InChI=1S/C12H16N4O/c13-7-10(17)9-5-2-6-11-14-12(15-16(9)11)8-3-1-4-8/h2,5-6,8,10,17H,1,3-4,7,13H2. The first kappa shape index (κ1) is 10.7. The second-order valence-electron chi connectivity index (χ2n) is 4.57. The maximum atomic E-state index is 9.83. The van der Waals surface area contributed by atoms with E-state index in [0.29, 0.717) is 11.6 Å². The normalized spacial score (nSPS) is 18.2. The Morgan fingerprint density at radius 2 is 2.29 bits per heavy atom. The molecule has 0 aliphatic heterocycles. The quantitative estimate of drug-likeness (QED) is 0.827. The highest BCUT2D eigenvalue weighted by Gasteiger charge is 2.24. The van der Waals surface area contributed by atoms with Crippen molar-refractivity contribution < 1.29 is 5.11 Å². The van der Waals surface area contributed by atoms with Crippen LogP contribution in [-0.4, -0.2) is 26.2 Å². The molecule has 3 N–H and O–H groups in total. The van der Waals surface area contributed by atoms with Crippen molar-refractivity contribution >= 4 is 5.65 Å². The molecule has 1 fully saturated rings. The van der Waals surface area contributed by atoms with Gasteiger partial charge < -0.3 is 10.8 Å². The molecule has 17 heavy (non-hydrogen) atoms. The van der Waals surface area contributed by atoms with Crippen molar-refractivity contribution in [3.8, 4) is 0 Å². The maximum Gasteiger partial charge on any atom is 0.156 e. The number of rotatable bonds is 3. The first-order valence-corrected chi connectivity index (χ1v) is 6.03. The summed E-state index contributed by atoms with van der Waals surface area (Å²) in [5, 5.41) is 14.3. The number of aliphatic hydroxyl groups is 1. The number of nitrogens with zero attached hydrogens (tertiary/aromatic N) is 3. The lowest BCUT2D eigenvalue weighted by atomic mass is 9.85. The number of aliphatic hydroxyl groups excluding tert-OH is 1. The number of nitrogens with two attached hydrogens (primary N) is 1. The summed E-state index contributed by atoms with van der Waals surface area (Å²) in [7, 11) is 0. The minimum Gasteiger partial charge on any atom is -0.385 e. The summed E-state index contributed by atoms with van der Waals surface area (Å²) in [6.45, 7) is 0.192. The van der Waals surface area contributed by atoms with E-state index in [4.69, 9.17) is 5.73 Å². The van der Waals surface area contributed by atoms with Crippen LogP contribution in [0.15, 0.2) is 18.2 Å². The van der Waals surface area contributed by atoms with E-state index in [0.717, 1.165) is 11.5 Å². The number of aromatic nitrogens is 3. The number of fused-ring (bicyclic) bond motifs is 1. The van der Waals surface area contributed by atoms with Crippen LogP contribution in [0.5, 0.6) is 0 Å². The van der Waals surface area contributed by atoms with Crippen LogP contribution in [0, 0.1) is 0 Å². The summed E-state index contributed by atoms with van der Waals surface area (Å²) < 4.78 is 1.71. The van der Waals surface area contributed by atoms with Gasteiger partial charge in [0.25, 0.3) is 0 Å². The highest BCUT2D eigenvalue weighted by atomic mass is 16.3. The van der Waals surface area contributed by atoms with Crippen LogP contribution in [0.25, 0.3) is 5.65 Å². The molecule has 1 aliphatic rings. The van der Waals surface area contributed by atoms with E-state index in [-0.39, 0.29) is 6.54 Å². The molecular formula is C12H16N4O. The lowest BCUT2D eigenvalue weighted by Crippen LogP contribution is -2.15. The average Bonchev–Trinajstić information content (AvgIpc) is 2.68. The summed E-state index contributed by atoms with van der Waals surface area (Å²) >= 11 is 0. The van der Waals surface area contributed by atoms with Gasteiger partial charge in [-0.25, -0.2) is 9.50 Å². The molecule has 2 aromatic heterocycles. The zero-order chi connectivity index (χ0) is 11.8. The van der Waals surface area contributed by atoms with Crippen LogP contribution < -0.4 is 5.73 Å². The molecule has 5 heteroatoms. The Hall–Kier alpha value is -1.46. The molecule has 90 valence electrons. The first-order valence-electron chi connectivity index (χ1n) is 6.03. The van der Waals surface area contributed by atoms with Crippen molar-refractivity contribution in [2.45, 2.75) is 31.3 Å². The molecule has 0 radical (unpaired) electrons. The second kappa shape index (κ2) is 4.09. The third-order valence-electron chi connectivity index (χ3n) is 3.44. The topological polar surface area (TPSA) is 76.4 Å². The van der Waals surface area contributed by atoms with Crippen molar-refractivity contribution in [3.05, 3.63) is 29.7 Å². The Balaban J connectivity index is 2.07. The van der Waals surface area contributed by atoms with Crippen LogP contribution in [0.1, 0.15) is 42.8 Å². The minimum atomic E-state index is -0.686. The number of hydrogen-bond acceptors (Lipinski definition) is 4. The lowest BCUT2D eigenvalue weighted by molar-refractivity contribution is 0.179. The monoisotopic (exact) mass is 232 g/mol. The van der Waals surface area contributed by atoms with Crippen LogP contribution in [0.3, 0.4) is 0 Å². The van der Waals surface area contributed by atoms with E-state index < -0.39 is 6.10 Å². The van der Waals surface area contributed by atoms with E-state index in [1.165, 1.54) is 19.3 Å². The summed E-state index contributed by atoms with van der Waals surface area (Å²) in [5.74, 6) is 1.39. The lowest BCUT2D eigenvalue weighted by Gasteiger charge is -2.21. The van der Waals surface area contributed by atoms with Gasteiger partial charge in [-0.2, -0.15) is 5.10 Å². The molecule has 1 aliphatic carbocycles. The van der Waals surface area contributed by atoms with Crippen molar-refractivity contribution in [1.29, 1.82) is 0 Å². The van der Waals surface area contributed by atoms with Gasteiger partial charge in [0, 0.05) is 12.5 Å². The molecule has 2 aromatic rings. The van der Waals surface area contributed by atoms with Gasteiger partial charge in [0.1, 0.15) is 6.10 Å². The Morgan fingerprint density at radius 3 is 2.94 bits per heavy atom. The maximum absolute atomic E-state index is 9.83. The molecule has 0 saturated heterocycles. The molecule has 3 rings (SSSR count). The molecule has 0 amide bonds. The van der Waals surface area contributed by atoms with Gasteiger partial charge in [0.2, 0.25) is 0 Å². The average molecular weight is 232 g/mol. The highest BCUT2D eigenvalue weighted by molar-refractivity contribution is 5.40. The van der Waals surface area contributed by atoms with Gasteiger partial charge in [-0.05, 0) is 25.0 Å². The van der Waals surface area contributed by atoms with Crippen LogP contribution >= 0.6 is 0 Å². The molecule has 5 nitrogen and oxygen atoms in total. The molecular weight excluding hydrogens is 216 g/mol. The Bertz CT molecular complexity index is 532. The molecule has 1 atom stereocenters. The summed E-state index contributed by atoms with van der Waals surface area (Å²) in [6.07, 6.45) is 2.92. The van der Waals surface area contributed by atoms with Gasteiger partial charge in [-0.15, -0.1) is 0 Å². The third-order valence-corrected chi connectivity index (χ3v) is 3.44. The van der Waals surface area contributed by atoms with Crippen LogP contribution in [-0.2, 0) is 0 Å². The molecule has 0 aromatic carbocycles. The smallest absolute Gasteiger partial charge is 0.156 e. The van der Waals surface area contributed by atoms with E-state index >= 15 is 0 Å². The number of hydrogen-bond donors (Lipinski definition) is 2. The van der Waals surface area contributed by atoms with Gasteiger partial charge in [-0.1, -0.05) is 12.5 Å². The predicted octanol–water partition coefficient (Wildman–Crippen LogP) is 0.989.